The van der Waals surface area contributed by atoms with Crippen molar-refractivity contribution in [2.75, 3.05) is 0 Å². The Kier molecular flexibility index (Phi) is 13.4. The summed E-state index contributed by atoms with van der Waals surface area (Å²) < 4.78 is 0. The molecule has 0 amide bonds. The van der Waals surface area contributed by atoms with Gasteiger partial charge in [0, 0.05) is 0 Å². The van der Waals surface area contributed by atoms with Crippen LogP contribution in [0.1, 0.15) is 61.8 Å². The first-order valence-corrected chi connectivity index (χ1v) is 12.6. The lowest BCUT2D eigenvalue weighted by Gasteiger charge is -2.34. The molecule has 0 aromatic carbocycles. The molecule has 0 fully saturated rings. The van der Waals surface area contributed by atoms with Crippen LogP contribution in [0.25, 0.3) is 0 Å². The molecule has 0 bridgehead atoms. The van der Waals surface area contributed by atoms with Crippen molar-refractivity contribution in [2.45, 2.75) is 67.9 Å². The van der Waals surface area contributed by atoms with Crippen molar-refractivity contribution in [3.63, 3.8) is 0 Å². The monoisotopic (exact) mass is 484 g/mol. The first-order valence-electron chi connectivity index (χ1n) is 12.6. The summed E-state index contributed by atoms with van der Waals surface area (Å²) in [5, 5.41) is 10.0. The van der Waals surface area contributed by atoms with Gasteiger partial charge in [0.1, 0.15) is 0 Å². The third-order valence-corrected chi connectivity index (χ3v) is 5.78. The van der Waals surface area contributed by atoms with E-state index in [9.17, 15) is 9.90 Å². The highest BCUT2D eigenvalue weighted by Gasteiger charge is 2.30. The van der Waals surface area contributed by atoms with Crippen LogP contribution in [-0.4, -0.2) is 17.0 Å². The number of hydrogen-bond acceptors (Lipinski definition) is 2. The summed E-state index contributed by atoms with van der Waals surface area (Å²) in [6.45, 7) is 16.2. The third-order valence-electron chi connectivity index (χ3n) is 5.78. The smallest absolute Gasteiger partial charge is 0.152 e. The van der Waals surface area contributed by atoms with E-state index >= 15 is 0 Å². The molecule has 1 aliphatic rings. The fraction of sp³-hybridized carbons (Fsp3) is 0.324. The Bertz CT molecular complexity index is 1100. The van der Waals surface area contributed by atoms with Gasteiger partial charge >= 0.3 is 0 Å². The molecule has 0 saturated carbocycles. The Morgan fingerprint density at radius 1 is 0.750 bits per heavy atom. The summed E-state index contributed by atoms with van der Waals surface area (Å²) >= 11 is 0. The van der Waals surface area contributed by atoms with E-state index < -0.39 is 0 Å². The fourth-order valence-electron chi connectivity index (χ4n) is 3.85. The van der Waals surface area contributed by atoms with Crippen LogP contribution < -0.4 is 0 Å². The Morgan fingerprint density at radius 2 is 1.17 bits per heavy atom. The molecule has 2 nitrogen and oxygen atoms in total. The normalized spacial score (nSPS) is 21.8. The number of carbonyl (C=O) groups excluding carboxylic acids is 1. The number of carbonyl (C=O) groups is 1. The number of ketones is 1. The maximum atomic E-state index is 10.9. The first kappa shape index (κ1) is 30.8. The summed E-state index contributed by atoms with van der Waals surface area (Å²) in [6.07, 6.45) is 32.5. The molecule has 0 aromatic rings. The average molecular weight is 485 g/mol. The fourth-order valence-corrected chi connectivity index (χ4v) is 3.85. The number of aliphatic hydroxyl groups excluding tert-OH is 1. The van der Waals surface area contributed by atoms with Crippen molar-refractivity contribution >= 4 is 5.78 Å². The Hall–Kier alpha value is -3.23. The molecule has 2 heteroatoms. The second-order valence-electron chi connectivity index (χ2n) is 10.1. The zero-order valence-electron chi connectivity index (χ0n) is 23.4. The van der Waals surface area contributed by atoms with E-state index in [4.69, 9.17) is 0 Å². The van der Waals surface area contributed by atoms with Crippen molar-refractivity contribution in [3.8, 4) is 0 Å². The highest BCUT2D eigenvalue weighted by molar-refractivity contribution is 5.87. The quantitative estimate of drug-likeness (QED) is 0.248. The van der Waals surface area contributed by atoms with Gasteiger partial charge in [-0.1, -0.05) is 127 Å². The highest BCUT2D eigenvalue weighted by Crippen LogP contribution is 2.40. The lowest BCUT2D eigenvalue weighted by Crippen LogP contribution is -2.26. The summed E-state index contributed by atoms with van der Waals surface area (Å²) in [5.41, 5.74) is 7.01. The maximum absolute atomic E-state index is 10.9. The number of hydrogen-bond donors (Lipinski definition) is 1. The van der Waals surface area contributed by atoms with Gasteiger partial charge in [0.2, 0.25) is 0 Å². The maximum Gasteiger partial charge on any atom is 0.152 e. The van der Waals surface area contributed by atoms with Crippen molar-refractivity contribution in [1.29, 1.82) is 0 Å². The average Bonchev–Trinajstić information content (AvgIpc) is 2.75. The molecular formula is C34H44O2. The molecule has 36 heavy (non-hydrogen) atoms. The van der Waals surface area contributed by atoms with E-state index in [2.05, 4.69) is 90.2 Å². The van der Waals surface area contributed by atoms with Gasteiger partial charge in [-0.2, -0.15) is 0 Å². The standard InChI is InChI=1S/C34H44O2/c1-26(16-11-18-28(3)20-13-21-31(6)35)14-9-10-15-27(2)17-12-19-29(4)22-23-33-30(5)24-32(36)25-34(33,7)8/h9-24,32,36H,25H2,1-8H3/b14-9+,15-10+,18-11+,19-12+,21-13-,26-16+,27-17+,28-20+,29-22+,33-23+. The molecule has 192 valence electrons. The van der Waals surface area contributed by atoms with E-state index in [-0.39, 0.29) is 17.3 Å². The predicted molar refractivity (Wildman–Crippen MR) is 158 cm³/mol. The SMILES string of the molecule is CC(=O)\C=C/C=C(C)/C=C/C=C(C)/C=C/C=C/C(C)=C/C=C/C(C)=C/C=C1\C(C)=CC(O)CC1(C)C. The van der Waals surface area contributed by atoms with Crippen LogP contribution in [0.3, 0.4) is 0 Å². The van der Waals surface area contributed by atoms with Crippen LogP contribution in [0.5, 0.6) is 0 Å². The second-order valence-corrected chi connectivity index (χ2v) is 10.1. The van der Waals surface area contributed by atoms with Crippen LogP contribution in [0.4, 0.5) is 0 Å². The minimum Gasteiger partial charge on any atom is -0.389 e. The zero-order valence-corrected chi connectivity index (χ0v) is 23.4. The second kappa shape index (κ2) is 15.7. The van der Waals surface area contributed by atoms with Gasteiger partial charge in [-0.25, -0.2) is 0 Å². The van der Waals surface area contributed by atoms with Crippen molar-refractivity contribution in [3.05, 3.63) is 131 Å². The molecule has 0 radical (unpaired) electrons. The lowest BCUT2D eigenvalue weighted by atomic mass is 9.72. The summed E-state index contributed by atoms with van der Waals surface area (Å²) in [4.78, 5) is 10.9. The van der Waals surface area contributed by atoms with Gasteiger partial charge in [0.15, 0.2) is 5.78 Å². The Balaban J connectivity index is 2.66. The highest BCUT2D eigenvalue weighted by atomic mass is 16.3. The number of rotatable bonds is 10. The first-order chi connectivity index (χ1) is 16.9. The molecule has 0 aromatic heterocycles. The van der Waals surface area contributed by atoms with Gasteiger partial charge in [0.05, 0.1) is 6.10 Å². The minimum absolute atomic E-state index is 0.0259. The Labute approximate surface area is 219 Å². The molecular weight excluding hydrogens is 440 g/mol. The van der Waals surface area contributed by atoms with Gasteiger partial charge in [0.25, 0.3) is 0 Å². The molecule has 0 saturated heterocycles. The summed E-state index contributed by atoms with van der Waals surface area (Å²) in [7, 11) is 0. The van der Waals surface area contributed by atoms with Crippen LogP contribution in [0.15, 0.2) is 131 Å². The number of allylic oxidation sites excluding steroid dienone is 21. The van der Waals surface area contributed by atoms with E-state index in [1.54, 1.807) is 19.1 Å². The van der Waals surface area contributed by atoms with Crippen LogP contribution in [-0.2, 0) is 4.79 Å². The van der Waals surface area contributed by atoms with E-state index in [1.807, 2.05) is 43.4 Å². The largest absolute Gasteiger partial charge is 0.389 e. The molecule has 0 spiro atoms. The van der Waals surface area contributed by atoms with Crippen LogP contribution in [0.2, 0.25) is 0 Å². The lowest BCUT2D eigenvalue weighted by molar-refractivity contribution is -0.112. The van der Waals surface area contributed by atoms with Gasteiger partial charge in [-0.05, 0) is 70.6 Å². The van der Waals surface area contributed by atoms with Crippen molar-refractivity contribution in [2.24, 2.45) is 5.41 Å². The van der Waals surface area contributed by atoms with Crippen LogP contribution in [0, 0.1) is 5.41 Å². The van der Waals surface area contributed by atoms with Crippen LogP contribution >= 0.6 is 0 Å². The topological polar surface area (TPSA) is 37.3 Å². The Morgan fingerprint density at radius 3 is 1.61 bits per heavy atom. The van der Waals surface area contributed by atoms with E-state index in [0.29, 0.717) is 0 Å². The molecule has 0 aliphatic heterocycles. The molecule has 1 unspecified atom stereocenters. The van der Waals surface area contributed by atoms with E-state index in [0.717, 1.165) is 23.1 Å². The van der Waals surface area contributed by atoms with Crippen molar-refractivity contribution in [1.82, 2.24) is 0 Å². The number of aliphatic hydroxyl groups is 1. The third kappa shape index (κ3) is 13.0. The van der Waals surface area contributed by atoms with Gasteiger partial charge in [-0.15, -0.1) is 0 Å². The molecule has 1 atom stereocenters. The molecule has 1 rings (SSSR count). The predicted octanol–water partition coefficient (Wildman–Crippen LogP) is 8.81. The van der Waals surface area contributed by atoms with E-state index in [1.165, 1.54) is 16.7 Å². The van der Waals surface area contributed by atoms with Crippen molar-refractivity contribution < 1.29 is 9.90 Å². The minimum atomic E-state index is -0.352. The zero-order chi connectivity index (χ0) is 27.1. The molecule has 0 heterocycles. The van der Waals surface area contributed by atoms with Gasteiger partial charge < -0.3 is 5.11 Å². The molecule has 1 N–H and O–H groups in total. The summed E-state index contributed by atoms with van der Waals surface area (Å²) in [5.74, 6) is 0.0488. The summed E-state index contributed by atoms with van der Waals surface area (Å²) in [6, 6.07) is 0. The molecule has 1 aliphatic carbocycles. The van der Waals surface area contributed by atoms with Gasteiger partial charge in [-0.3, -0.25) is 4.79 Å².